The van der Waals surface area contributed by atoms with Crippen LogP contribution in [0.1, 0.15) is 95.5 Å². The Morgan fingerprint density at radius 3 is 2.53 bits per heavy atom. The third-order valence-corrected chi connectivity index (χ3v) is 14.0. The Bertz CT molecular complexity index is 2530. The zero-order valence-corrected chi connectivity index (χ0v) is 37.5. The number of aromatic nitrogens is 4. The van der Waals surface area contributed by atoms with Gasteiger partial charge in [-0.1, -0.05) is 45.4 Å². The van der Waals surface area contributed by atoms with Crippen LogP contribution in [0.5, 0.6) is 5.75 Å². The molecular weight excluding hydrogens is 817 g/mol. The third-order valence-electron chi connectivity index (χ3n) is 14.0. The van der Waals surface area contributed by atoms with Crippen molar-refractivity contribution in [3.63, 3.8) is 0 Å². The molecule has 64 heavy (non-hydrogen) atoms. The van der Waals surface area contributed by atoms with Crippen LogP contribution in [0.15, 0.2) is 48.7 Å². The fourth-order valence-corrected chi connectivity index (χ4v) is 10.4. The molecule has 6 heterocycles. The van der Waals surface area contributed by atoms with Crippen molar-refractivity contribution in [2.45, 2.75) is 109 Å². The quantitative estimate of drug-likeness (QED) is 0.0837. The van der Waals surface area contributed by atoms with Crippen molar-refractivity contribution in [2.75, 3.05) is 34.0 Å². The highest BCUT2D eigenvalue weighted by atomic mass is 16.6. The average Bonchev–Trinajstić information content (AvgIpc) is 4.14. The standard InChI is InChI=1S/C48H60N8O8/c1-7-27-18-38(55(23-27)45(57)41(54-48(60)62-6)28-14-16-63-17-15-28)44-50-35-12-10-29-20-34-32-11-9-30(19-31(32)24-64-39(34)21-33(29)42(35)52-44)36-22-49-43(51-36)37-13-8-26(4)56(37)46(58)40(25(2)3)53-47(59)61-5/h9-12,19-22,25-28,37-38,40-41,47,53,59H,7-8,13-18,23-24H2,1-6H3,(H,49,51)(H,50,52)(H,54,60)/t26-,27-,37-,38-,40-,41-,47?/m0/s1. The van der Waals surface area contributed by atoms with Gasteiger partial charge in [0, 0.05) is 43.9 Å². The number of carbonyl (C=O) groups excluding carboxylic acids is 3. The second-order valence-corrected chi connectivity index (χ2v) is 18.2. The number of rotatable bonds is 12. The zero-order chi connectivity index (χ0) is 44.8. The van der Waals surface area contributed by atoms with Crippen molar-refractivity contribution in [2.24, 2.45) is 17.8 Å². The number of alkyl carbamates (subject to hydrolysis) is 1. The van der Waals surface area contributed by atoms with E-state index in [0.29, 0.717) is 45.1 Å². The van der Waals surface area contributed by atoms with Gasteiger partial charge >= 0.3 is 6.09 Å². The van der Waals surface area contributed by atoms with Gasteiger partial charge in [-0.05, 0) is 103 Å². The summed E-state index contributed by atoms with van der Waals surface area (Å²) in [6, 6.07) is 12.9. The summed E-state index contributed by atoms with van der Waals surface area (Å²) in [5.74, 6) is 2.21. The molecule has 3 amide bonds. The van der Waals surface area contributed by atoms with E-state index in [1.165, 1.54) is 14.2 Å². The normalized spacial score (nSPS) is 22.6. The number of benzene rings is 3. The Kier molecular flexibility index (Phi) is 12.4. The van der Waals surface area contributed by atoms with E-state index in [0.717, 1.165) is 92.8 Å². The smallest absolute Gasteiger partial charge is 0.407 e. The highest BCUT2D eigenvalue weighted by Crippen LogP contribution is 2.44. The number of aromatic amines is 2. The molecule has 5 N–H and O–H groups in total. The number of H-pyrrole nitrogens is 2. The number of nitrogens with one attached hydrogen (secondary N) is 4. The Hall–Kier alpha value is -5.55. The molecule has 0 radical (unpaired) electrons. The number of nitrogens with zero attached hydrogens (tertiary/aromatic N) is 4. The van der Waals surface area contributed by atoms with E-state index in [-0.39, 0.29) is 41.8 Å². The molecule has 16 heteroatoms. The van der Waals surface area contributed by atoms with E-state index in [4.69, 9.17) is 28.9 Å². The number of ether oxygens (including phenoxy) is 4. The monoisotopic (exact) mass is 876 g/mol. The first kappa shape index (κ1) is 43.7. The molecule has 0 spiro atoms. The molecule has 16 nitrogen and oxygen atoms in total. The van der Waals surface area contributed by atoms with Gasteiger partial charge in [-0.2, -0.15) is 0 Å². The van der Waals surface area contributed by atoms with Crippen LogP contribution < -0.4 is 15.4 Å². The van der Waals surface area contributed by atoms with Gasteiger partial charge in [0.25, 0.3) is 0 Å². The maximum absolute atomic E-state index is 14.4. The van der Waals surface area contributed by atoms with Crippen LogP contribution in [0, 0.1) is 17.8 Å². The van der Waals surface area contributed by atoms with E-state index in [9.17, 15) is 19.5 Å². The predicted molar refractivity (Wildman–Crippen MR) is 240 cm³/mol. The van der Waals surface area contributed by atoms with E-state index in [1.54, 1.807) is 0 Å². The molecule has 340 valence electrons. The first-order valence-corrected chi connectivity index (χ1v) is 22.8. The van der Waals surface area contributed by atoms with Gasteiger partial charge in [0.1, 0.15) is 30.0 Å². The summed E-state index contributed by atoms with van der Waals surface area (Å²) in [4.78, 5) is 61.7. The molecular formula is C48H60N8O8. The van der Waals surface area contributed by atoms with Crippen LogP contribution in [0.4, 0.5) is 4.79 Å². The van der Waals surface area contributed by atoms with E-state index in [1.807, 2.05) is 35.9 Å². The largest absolute Gasteiger partial charge is 0.488 e. The van der Waals surface area contributed by atoms with Gasteiger partial charge in [0.05, 0.1) is 48.2 Å². The van der Waals surface area contributed by atoms with Crippen LogP contribution in [0.25, 0.3) is 44.2 Å². The molecule has 9 rings (SSSR count). The van der Waals surface area contributed by atoms with E-state index < -0.39 is 24.6 Å². The molecule has 3 saturated heterocycles. The highest BCUT2D eigenvalue weighted by molar-refractivity contribution is 6.07. The van der Waals surface area contributed by atoms with Crippen LogP contribution in [0.3, 0.4) is 0 Å². The summed E-state index contributed by atoms with van der Waals surface area (Å²) in [6.07, 6.45) is 4.64. The number of imidazole rings is 2. The second-order valence-electron chi connectivity index (χ2n) is 18.2. The molecule has 4 aliphatic rings. The molecule has 0 saturated carbocycles. The summed E-state index contributed by atoms with van der Waals surface area (Å²) in [7, 11) is 2.71. The van der Waals surface area contributed by atoms with Crippen molar-refractivity contribution < 1.29 is 38.4 Å². The lowest BCUT2D eigenvalue weighted by molar-refractivity contribution is -0.146. The van der Waals surface area contributed by atoms with E-state index in [2.05, 4.69) is 70.8 Å². The maximum atomic E-state index is 14.4. The fourth-order valence-electron chi connectivity index (χ4n) is 10.4. The van der Waals surface area contributed by atoms with Crippen molar-refractivity contribution >= 4 is 39.7 Å². The number of hydrogen-bond acceptors (Lipinski definition) is 11. The number of fused-ring (bicyclic) bond motifs is 6. The molecule has 3 fully saturated rings. The summed E-state index contributed by atoms with van der Waals surface area (Å²) in [5.41, 5.74) is 6.66. The first-order valence-electron chi connectivity index (χ1n) is 22.8. The van der Waals surface area contributed by atoms with Gasteiger partial charge in [0.2, 0.25) is 18.2 Å². The van der Waals surface area contributed by atoms with E-state index >= 15 is 0 Å². The number of carbonyl (C=O) groups is 3. The number of likely N-dealkylation sites (tertiary alicyclic amines) is 2. The number of amides is 3. The van der Waals surface area contributed by atoms with Gasteiger partial charge in [-0.15, -0.1) is 0 Å². The number of methoxy groups -OCH3 is 2. The molecule has 2 aromatic heterocycles. The number of aliphatic hydroxyl groups is 1. The molecule has 0 bridgehead atoms. The minimum atomic E-state index is -1.24. The lowest BCUT2D eigenvalue weighted by Gasteiger charge is -2.34. The molecule has 5 aromatic rings. The van der Waals surface area contributed by atoms with Crippen LogP contribution in [0.2, 0.25) is 0 Å². The Morgan fingerprint density at radius 1 is 0.969 bits per heavy atom. The van der Waals surface area contributed by atoms with Crippen LogP contribution in [-0.4, -0.2) is 111 Å². The zero-order valence-electron chi connectivity index (χ0n) is 37.5. The average molecular weight is 877 g/mol. The number of aliphatic hydroxyl groups excluding tert-OH is 1. The van der Waals surface area contributed by atoms with Gasteiger partial charge < -0.3 is 49.1 Å². The summed E-state index contributed by atoms with van der Waals surface area (Å²) in [5, 5.41) is 18.0. The Morgan fingerprint density at radius 2 is 1.78 bits per heavy atom. The third kappa shape index (κ3) is 8.20. The van der Waals surface area contributed by atoms with Gasteiger partial charge in [0.15, 0.2) is 0 Å². The summed E-state index contributed by atoms with van der Waals surface area (Å²) < 4.78 is 22.0. The first-order chi connectivity index (χ1) is 31.0. The van der Waals surface area contributed by atoms with Crippen molar-refractivity contribution in [1.82, 2.24) is 40.4 Å². The van der Waals surface area contributed by atoms with Crippen molar-refractivity contribution in [3.8, 4) is 28.1 Å². The van der Waals surface area contributed by atoms with Crippen molar-refractivity contribution in [3.05, 3.63) is 65.9 Å². The number of hydrogen-bond donors (Lipinski definition) is 5. The van der Waals surface area contributed by atoms with Crippen molar-refractivity contribution in [1.29, 1.82) is 0 Å². The molecule has 7 atom stereocenters. The fraction of sp³-hybridized carbons (Fsp3) is 0.521. The summed E-state index contributed by atoms with van der Waals surface area (Å²) >= 11 is 0. The Labute approximate surface area is 372 Å². The SMILES string of the molecule is CC[C@H]1C[C@@H](c2nc3ccc4cc5c(cc4c3[nH]2)OCc2cc(-c3cnc([C@@H]4CC[C@H](C)N4C(=O)[C@@H](NC(O)OC)C(C)C)[nH]3)ccc2-5)N(C(=O)[C@@H](NC(=O)OC)C2CCOCC2)C1. The minimum absolute atomic E-state index is 0.0117. The van der Waals surface area contributed by atoms with Crippen LogP contribution >= 0.6 is 0 Å². The molecule has 0 aliphatic carbocycles. The molecule has 1 unspecified atom stereocenters. The predicted octanol–water partition coefficient (Wildman–Crippen LogP) is 6.70. The summed E-state index contributed by atoms with van der Waals surface area (Å²) in [6.45, 7) is 10.2. The Balaban J connectivity index is 0.968. The van der Waals surface area contributed by atoms with Crippen LogP contribution in [-0.2, 0) is 30.4 Å². The lowest BCUT2D eigenvalue weighted by atomic mass is 9.90. The maximum Gasteiger partial charge on any atom is 0.407 e. The topological polar surface area (TPSA) is 196 Å². The lowest BCUT2D eigenvalue weighted by Crippen LogP contribution is -2.54. The van der Waals surface area contributed by atoms with Gasteiger partial charge in [-0.3, -0.25) is 14.9 Å². The molecule has 4 aliphatic heterocycles. The highest BCUT2D eigenvalue weighted by Gasteiger charge is 2.44. The van der Waals surface area contributed by atoms with Gasteiger partial charge in [-0.25, -0.2) is 14.8 Å². The molecule has 3 aromatic carbocycles. The second kappa shape index (κ2) is 18.1. The minimum Gasteiger partial charge on any atom is -0.488 e.